The van der Waals surface area contributed by atoms with Crippen molar-refractivity contribution in [3.05, 3.63) is 127 Å². The lowest BCUT2D eigenvalue weighted by Crippen LogP contribution is -2.23. The van der Waals surface area contributed by atoms with Gasteiger partial charge in [0.05, 0.1) is 42.7 Å². The molecule has 0 aliphatic rings. The zero-order valence-electron chi connectivity index (χ0n) is 28.5. The molecule has 0 heterocycles. The third kappa shape index (κ3) is 6.92. The summed E-state index contributed by atoms with van der Waals surface area (Å²) in [5.41, 5.74) is 6.06. The van der Waals surface area contributed by atoms with Crippen molar-refractivity contribution in [3.8, 4) is 67.9 Å². The molecular formula is C42H39O6P. The van der Waals surface area contributed by atoms with Crippen LogP contribution in [0.1, 0.15) is 0 Å². The minimum absolute atomic E-state index is 0.768. The average Bonchev–Trinajstić information content (AvgIpc) is 3.18. The van der Waals surface area contributed by atoms with Crippen LogP contribution in [0.15, 0.2) is 127 Å². The summed E-state index contributed by atoms with van der Waals surface area (Å²) in [7, 11) is 9.02. The number of hydrogen-bond donors (Lipinski definition) is 0. The van der Waals surface area contributed by atoms with Gasteiger partial charge >= 0.3 is 0 Å². The Labute approximate surface area is 289 Å². The Morgan fingerprint density at radius 2 is 0.673 bits per heavy atom. The van der Waals surface area contributed by atoms with Crippen LogP contribution < -0.4 is 44.3 Å². The average molecular weight is 671 g/mol. The summed E-state index contributed by atoms with van der Waals surface area (Å²) in [5, 5.41) is 3.50. The molecule has 0 aliphatic carbocycles. The van der Waals surface area contributed by atoms with Gasteiger partial charge in [0.25, 0.3) is 0 Å². The predicted octanol–water partition coefficient (Wildman–Crippen LogP) is 8.50. The van der Waals surface area contributed by atoms with Gasteiger partial charge < -0.3 is 28.4 Å². The quantitative estimate of drug-likeness (QED) is 0.122. The zero-order valence-corrected chi connectivity index (χ0v) is 29.4. The van der Waals surface area contributed by atoms with Gasteiger partial charge in [0.1, 0.15) is 34.5 Å². The monoisotopic (exact) mass is 670 g/mol. The third-order valence-corrected chi connectivity index (χ3v) is 11.0. The molecule has 0 radical (unpaired) electrons. The van der Waals surface area contributed by atoms with Crippen molar-refractivity contribution < 1.29 is 28.4 Å². The molecule has 6 aromatic rings. The predicted molar refractivity (Wildman–Crippen MR) is 201 cm³/mol. The molecule has 0 spiro atoms. The molecule has 0 N–H and O–H groups in total. The second kappa shape index (κ2) is 15.2. The van der Waals surface area contributed by atoms with E-state index in [1.54, 1.807) is 42.7 Å². The number of hydrogen-bond acceptors (Lipinski definition) is 6. The molecule has 248 valence electrons. The summed E-state index contributed by atoms with van der Waals surface area (Å²) < 4.78 is 34.2. The molecule has 0 saturated carbocycles. The summed E-state index contributed by atoms with van der Waals surface area (Å²) in [6.07, 6.45) is 0. The lowest BCUT2D eigenvalue weighted by atomic mass is 9.89. The Bertz CT molecular complexity index is 1940. The second-order valence-corrected chi connectivity index (χ2v) is 13.3. The van der Waals surface area contributed by atoms with Crippen molar-refractivity contribution in [2.24, 2.45) is 0 Å². The fourth-order valence-corrected chi connectivity index (χ4v) is 8.47. The van der Waals surface area contributed by atoms with Gasteiger partial charge in [0, 0.05) is 16.7 Å². The molecule has 0 saturated heterocycles. The Kier molecular flexibility index (Phi) is 10.4. The van der Waals surface area contributed by atoms with E-state index in [1.165, 1.54) is 10.6 Å². The van der Waals surface area contributed by atoms with E-state index in [2.05, 4.69) is 66.7 Å². The van der Waals surface area contributed by atoms with Gasteiger partial charge in [-0.1, -0.05) is 60.7 Å². The maximum absolute atomic E-state index is 6.40. The largest absolute Gasteiger partial charge is 0.497 e. The van der Waals surface area contributed by atoms with Crippen molar-refractivity contribution in [2.45, 2.75) is 0 Å². The first-order valence-electron chi connectivity index (χ1n) is 15.8. The molecule has 0 fully saturated rings. The Morgan fingerprint density at radius 1 is 0.347 bits per heavy atom. The molecule has 0 bridgehead atoms. The molecule has 6 nitrogen and oxygen atoms in total. The molecule has 7 heteroatoms. The normalized spacial score (nSPS) is 10.8. The van der Waals surface area contributed by atoms with Crippen LogP contribution in [-0.2, 0) is 0 Å². The maximum atomic E-state index is 6.40. The molecule has 0 aromatic heterocycles. The smallest absolute Gasteiger partial charge is 0.135 e. The lowest BCUT2D eigenvalue weighted by molar-refractivity contribution is 0.414. The maximum Gasteiger partial charge on any atom is 0.135 e. The number of rotatable bonds is 12. The first-order chi connectivity index (χ1) is 24.0. The molecule has 0 amide bonds. The summed E-state index contributed by atoms with van der Waals surface area (Å²) in [6, 6.07) is 43.6. The van der Waals surface area contributed by atoms with Gasteiger partial charge in [-0.2, -0.15) is 0 Å². The van der Waals surface area contributed by atoms with E-state index < -0.39 is 7.92 Å². The highest BCUT2D eigenvalue weighted by Gasteiger charge is 2.28. The van der Waals surface area contributed by atoms with Crippen molar-refractivity contribution in [1.82, 2.24) is 0 Å². The topological polar surface area (TPSA) is 55.4 Å². The van der Waals surface area contributed by atoms with E-state index in [0.29, 0.717) is 0 Å². The number of ether oxygens (including phenoxy) is 6. The first-order valence-corrected chi connectivity index (χ1v) is 17.1. The highest BCUT2D eigenvalue weighted by Crippen LogP contribution is 2.50. The van der Waals surface area contributed by atoms with Crippen molar-refractivity contribution >= 4 is 23.8 Å². The summed E-state index contributed by atoms with van der Waals surface area (Å²) in [4.78, 5) is 0. The van der Waals surface area contributed by atoms with E-state index in [-0.39, 0.29) is 0 Å². The number of benzene rings is 6. The molecule has 49 heavy (non-hydrogen) atoms. The summed E-state index contributed by atoms with van der Waals surface area (Å²) >= 11 is 0. The summed E-state index contributed by atoms with van der Waals surface area (Å²) in [6.45, 7) is 0. The lowest BCUT2D eigenvalue weighted by Gasteiger charge is -2.28. The van der Waals surface area contributed by atoms with E-state index in [1.807, 2.05) is 60.7 Å². The van der Waals surface area contributed by atoms with Gasteiger partial charge in [-0.3, -0.25) is 0 Å². The van der Waals surface area contributed by atoms with Crippen LogP contribution in [0.2, 0.25) is 0 Å². The molecular weight excluding hydrogens is 631 g/mol. The minimum atomic E-state index is -1.13. The first kappa shape index (κ1) is 33.5. The van der Waals surface area contributed by atoms with Crippen LogP contribution in [0.3, 0.4) is 0 Å². The van der Waals surface area contributed by atoms with Gasteiger partial charge in [0.2, 0.25) is 0 Å². The Morgan fingerprint density at radius 3 is 1.02 bits per heavy atom. The Hall–Kier alpha value is -5.45. The standard InChI is InChI=1S/C42H39O6P/c1-43-31-13-7-28(8-14-31)38-27-39(49(36-23-19-34(46-4)20-24-36)37-25-21-35(47-5)22-26-37)40(29-9-15-32(44-2)16-10-29)41(42(38)48-6)30-11-17-33(45-3)18-12-30/h7-27H,1-6H3. The Balaban J connectivity index is 1.77. The van der Waals surface area contributed by atoms with Crippen LogP contribution in [0.4, 0.5) is 0 Å². The minimum Gasteiger partial charge on any atom is -0.497 e. The molecule has 0 aliphatic heterocycles. The highest BCUT2D eigenvalue weighted by molar-refractivity contribution is 7.80. The van der Waals surface area contributed by atoms with Gasteiger partial charge in [0.15, 0.2) is 0 Å². The molecule has 0 unspecified atom stereocenters. The zero-order chi connectivity index (χ0) is 34.3. The van der Waals surface area contributed by atoms with E-state index in [4.69, 9.17) is 28.4 Å². The molecule has 0 atom stereocenters. The van der Waals surface area contributed by atoms with Crippen LogP contribution in [0, 0.1) is 0 Å². The van der Waals surface area contributed by atoms with E-state index >= 15 is 0 Å². The van der Waals surface area contributed by atoms with Crippen LogP contribution in [0.25, 0.3) is 33.4 Å². The fourth-order valence-electron chi connectivity index (χ4n) is 6.00. The van der Waals surface area contributed by atoms with Crippen molar-refractivity contribution in [3.63, 3.8) is 0 Å². The highest BCUT2D eigenvalue weighted by atomic mass is 31.1. The molecule has 6 rings (SSSR count). The number of methoxy groups -OCH3 is 6. The van der Waals surface area contributed by atoms with Gasteiger partial charge in [-0.15, -0.1) is 0 Å². The SMILES string of the molecule is COc1ccc(-c2cc(P(c3ccc(OC)cc3)c3ccc(OC)cc3)c(-c3ccc(OC)cc3)c(-c3ccc(OC)cc3)c2OC)cc1. The fraction of sp³-hybridized carbons (Fsp3) is 0.143. The van der Waals surface area contributed by atoms with Crippen LogP contribution in [0.5, 0.6) is 34.5 Å². The third-order valence-electron chi connectivity index (χ3n) is 8.52. The van der Waals surface area contributed by atoms with Crippen LogP contribution in [-0.4, -0.2) is 42.7 Å². The van der Waals surface area contributed by atoms with Crippen LogP contribution >= 0.6 is 7.92 Å². The van der Waals surface area contributed by atoms with Gasteiger partial charge in [-0.05, 0) is 107 Å². The summed E-state index contributed by atoms with van der Waals surface area (Å²) in [5.74, 6) is 4.72. The van der Waals surface area contributed by atoms with E-state index in [0.717, 1.165) is 73.2 Å². The molecule has 6 aromatic carbocycles. The second-order valence-electron chi connectivity index (χ2n) is 11.1. The van der Waals surface area contributed by atoms with Gasteiger partial charge in [-0.25, -0.2) is 0 Å². The van der Waals surface area contributed by atoms with Crippen molar-refractivity contribution in [2.75, 3.05) is 42.7 Å². The van der Waals surface area contributed by atoms with Crippen molar-refractivity contribution in [1.29, 1.82) is 0 Å². The van der Waals surface area contributed by atoms with E-state index in [9.17, 15) is 0 Å².